The van der Waals surface area contributed by atoms with Gasteiger partial charge in [-0.05, 0) is 37.4 Å². The number of hydrogen-bond donors (Lipinski definition) is 0. The first kappa shape index (κ1) is 13.5. The Morgan fingerprint density at radius 1 is 1.27 bits per heavy atom. The van der Waals surface area contributed by atoms with Crippen molar-refractivity contribution in [2.75, 3.05) is 13.1 Å². The van der Waals surface area contributed by atoms with E-state index in [4.69, 9.17) is 4.98 Å². The van der Waals surface area contributed by atoms with Crippen LogP contribution in [0, 0.1) is 5.92 Å². The van der Waals surface area contributed by atoms with Gasteiger partial charge in [0.15, 0.2) is 0 Å². The first-order chi connectivity index (χ1) is 10.9. The summed E-state index contributed by atoms with van der Waals surface area (Å²) in [6, 6.07) is 6.11. The van der Waals surface area contributed by atoms with Crippen molar-refractivity contribution in [3.63, 3.8) is 0 Å². The Morgan fingerprint density at radius 2 is 2.27 bits per heavy atom. The van der Waals surface area contributed by atoms with Crippen LogP contribution in [0.3, 0.4) is 0 Å². The molecular formula is C16H20N6. The number of rotatable bonds is 4. The minimum atomic E-state index is 0.646. The lowest BCUT2D eigenvalue weighted by molar-refractivity contribution is 0.152. The Kier molecular flexibility index (Phi) is 3.60. The van der Waals surface area contributed by atoms with Gasteiger partial charge in [0.05, 0.1) is 5.69 Å². The van der Waals surface area contributed by atoms with E-state index < -0.39 is 0 Å². The number of pyridine rings is 1. The van der Waals surface area contributed by atoms with Crippen LogP contribution in [-0.4, -0.2) is 42.1 Å². The van der Waals surface area contributed by atoms with Crippen molar-refractivity contribution in [2.45, 2.75) is 25.9 Å². The van der Waals surface area contributed by atoms with Gasteiger partial charge in [-0.3, -0.25) is 9.58 Å². The zero-order chi connectivity index (χ0) is 14.8. The summed E-state index contributed by atoms with van der Waals surface area (Å²) in [6.45, 7) is 4.15. The van der Waals surface area contributed by atoms with E-state index >= 15 is 0 Å². The third-order valence-corrected chi connectivity index (χ3v) is 4.31. The van der Waals surface area contributed by atoms with Crippen LogP contribution in [0.25, 0.3) is 5.65 Å². The van der Waals surface area contributed by atoms with E-state index in [0.717, 1.165) is 37.5 Å². The number of piperidine rings is 1. The molecule has 1 aliphatic heterocycles. The summed E-state index contributed by atoms with van der Waals surface area (Å²) < 4.78 is 4.03. The second-order valence-electron chi connectivity index (χ2n) is 6.06. The highest BCUT2D eigenvalue weighted by molar-refractivity contribution is 5.39. The van der Waals surface area contributed by atoms with Crippen LogP contribution in [0.1, 0.15) is 18.5 Å². The van der Waals surface area contributed by atoms with Gasteiger partial charge in [-0.25, -0.2) is 9.97 Å². The summed E-state index contributed by atoms with van der Waals surface area (Å²) in [5.74, 6) is 0.646. The number of likely N-dealkylation sites (tertiary alicyclic amines) is 1. The van der Waals surface area contributed by atoms with Crippen molar-refractivity contribution in [1.29, 1.82) is 0 Å². The fourth-order valence-electron chi connectivity index (χ4n) is 3.33. The lowest BCUT2D eigenvalue weighted by Crippen LogP contribution is -2.36. The molecule has 1 saturated heterocycles. The van der Waals surface area contributed by atoms with Crippen molar-refractivity contribution < 1.29 is 0 Å². The van der Waals surface area contributed by atoms with E-state index in [1.54, 1.807) is 12.7 Å². The summed E-state index contributed by atoms with van der Waals surface area (Å²) in [7, 11) is 0. The molecule has 3 aromatic heterocycles. The third kappa shape index (κ3) is 2.87. The molecule has 1 aliphatic rings. The smallest absolute Gasteiger partial charge is 0.137 e. The van der Waals surface area contributed by atoms with Crippen LogP contribution >= 0.6 is 0 Å². The zero-order valence-electron chi connectivity index (χ0n) is 12.5. The highest BCUT2D eigenvalue weighted by atomic mass is 15.3. The van der Waals surface area contributed by atoms with Crippen LogP contribution in [0.4, 0.5) is 0 Å². The molecule has 0 spiro atoms. The molecule has 0 radical (unpaired) electrons. The second-order valence-corrected chi connectivity index (χ2v) is 6.06. The lowest BCUT2D eigenvalue weighted by atomic mass is 9.98. The van der Waals surface area contributed by atoms with Gasteiger partial charge in [-0.2, -0.15) is 5.10 Å². The molecule has 4 rings (SSSR count). The lowest BCUT2D eigenvalue weighted by Gasteiger charge is -2.32. The SMILES string of the molecule is c1ccn2cc(CN3CCCC(Cn4cncn4)C3)nc2c1. The quantitative estimate of drug-likeness (QED) is 0.737. The minimum Gasteiger partial charge on any atom is -0.307 e. The predicted molar refractivity (Wildman–Crippen MR) is 83.2 cm³/mol. The monoisotopic (exact) mass is 296 g/mol. The van der Waals surface area contributed by atoms with Gasteiger partial charge in [0.25, 0.3) is 0 Å². The fraction of sp³-hybridized carbons (Fsp3) is 0.438. The minimum absolute atomic E-state index is 0.646. The van der Waals surface area contributed by atoms with Gasteiger partial charge in [0.2, 0.25) is 0 Å². The average molecular weight is 296 g/mol. The fourth-order valence-corrected chi connectivity index (χ4v) is 3.33. The van der Waals surface area contributed by atoms with Crippen LogP contribution in [-0.2, 0) is 13.1 Å². The van der Waals surface area contributed by atoms with E-state index in [-0.39, 0.29) is 0 Å². The van der Waals surface area contributed by atoms with Crippen molar-refractivity contribution in [2.24, 2.45) is 5.92 Å². The normalized spacial score (nSPS) is 19.7. The summed E-state index contributed by atoms with van der Waals surface area (Å²) >= 11 is 0. The Bertz CT molecular complexity index is 699. The molecule has 0 amide bonds. The van der Waals surface area contributed by atoms with E-state index in [1.165, 1.54) is 12.8 Å². The summed E-state index contributed by atoms with van der Waals surface area (Å²) in [4.78, 5) is 11.2. The van der Waals surface area contributed by atoms with Crippen molar-refractivity contribution in [1.82, 2.24) is 29.0 Å². The number of hydrogen-bond acceptors (Lipinski definition) is 4. The van der Waals surface area contributed by atoms with Crippen molar-refractivity contribution >= 4 is 5.65 Å². The van der Waals surface area contributed by atoms with Gasteiger partial charge in [0.1, 0.15) is 18.3 Å². The first-order valence-corrected chi connectivity index (χ1v) is 7.84. The zero-order valence-corrected chi connectivity index (χ0v) is 12.5. The van der Waals surface area contributed by atoms with Gasteiger partial charge >= 0.3 is 0 Å². The maximum absolute atomic E-state index is 4.70. The maximum Gasteiger partial charge on any atom is 0.137 e. The Morgan fingerprint density at radius 3 is 3.14 bits per heavy atom. The molecule has 0 aromatic carbocycles. The maximum atomic E-state index is 4.70. The standard InChI is InChI=1S/C16H20N6/c1-2-7-21-11-15(19-16(21)5-1)10-20-6-3-4-14(8-20)9-22-13-17-12-18-22/h1-2,5,7,11-14H,3-4,6,8-10H2. The van der Waals surface area contributed by atoms with E-state index in [2.05, 4.69) is 31.8 Å². The van der Waals surface area contributed by atoms with Crippen LogP contribution in [0.15, 0.2) is 43.2 Å². The third-order valence-electron chi connectivity index (χ3n) is 4.31. The van der Waals surface area contributed by atoms with Gasteiger partial charge in [-0.1, -0.05) is 6.07 Å². The Balaban J connectivity index is 1.41. The molecule has 1 fully saturated rings. The highest BCUT2D eigenvalue weighted by Crippen LogP contribution is 2.19. The van der Waals surface area contributed by atoms with Gasteiger partial charge < -0.3 is 4.40 Å². The molecule has 22 heavy (non-hydrogen) atoms. The number of aromatic nitrogens is 5. The molecule has 1 unspecified atom stereocenters. The Hall–Kier alpha value is -2.21. The molecule has 1 atom stereocenters. The molecule has 6 heteroatoms. The van der Waals surface area contributed by atoms with Gasteiger partial charge in [0, 0.05) is 32.0 Å². The van der Waals surface area contributed by atoms with E-state index in [0.29, 0.717) is 5.92 Å². The van der Waals surface area contributed by atoms with Crippen LogP contribution in [0.5, 0.6) is 0 Å². The molecule has 0 N–H and O–H groups in total. The molecular weight excluding hydrogens is 276 g/mol. The largest absolute Gasteiger partial charge is 0.307 e. The van der Waals surface area contributed by atoms with Crippen LogP contribution < -0.4 is 0 Å². The van der Waals surface area contributed by atoms with E-state index in [9.17, 15) is 0 Å². The molecule has 0 aliphatic carbocycles. The Labute approximate surface area is 129 Å². The van der Waals surface area contributed by atoms with Crippen molar-refractivity contribution in [3.05, 3.63) is 48.9 Å². The van der Waals surface area contributed by atoms with Gasteiger partial charge in [-0.15, -0.1) is 0 Å². The molecule has 0 saturated carbocycles. The predicted octanol–water partition coefficient (Wildman–Crippen LogP) is 1.84. The highest BCUT2D eigenvalue weighted by Gasteiger charge is 2.21. The van der Waals surface area contributed by atoms with E-state index in [1.807, 2.05) is 22.9 Å². The summed E-state index contributed by atoms with van der Waals surface area (Å²) in [6.07, 6.45) is 10.1. The molecule has 6 nitrogen and oxygen atoms in total. The van der Waals surface area contributed by atoms with Crippen molar-refractivity contribution in [3.8, 4) is 0 Å². The number of fused-ring (bicyclic) bond motifs is 1. The second kappa shape index (κ2) is 5.88. The molecule has 114 valence electrons. The first-order valence-electron chi connectivity index (χ1n) is 7.84. The average Bonchev–Trinajstić information content (AvgIpc) is 3.16. The molecule has 3 aromatic rings. The summed E-state index contributed by atoms with van der Waals surface area (Å²) in [5.41, 5.74) is 2.17. The molecule has 0 bridgehead atoms. The number of imidazole rings is 1. The number of nitrogens with zero attached hydrogens (tertiary/aromatic N) is 6. The molecule has 4 heterocycles. The summed E-state index contributed by atoms with van der Waals surface area (Å²) in [5, 5.41) is 4.22. The van der Waals surface area contributed by atoms with Crippen LogP contribution in [0.2, 0.25) is 0 Å². The topological polar surface area (TPSA) is 51.2 Å².